The Balaban J connectivity index is 1.79. The van der Waals surface area contributed by atoms with E-state index in [4.69, 9.17) is 13.3 Å². The average molecular weight is 395 g/mol. The zero-order chi connectivity index (χ0) is 19.7. The molecule has 4 rings (SSSR count). The van der Waals surface area contributed by atoms with Gasteiger partial charge in [-0.3, -0.25) is 0 Å². The number of aryl methyl sites for hydroxylation is 1. The summed E-state index contributed by atoms with van der Waals surface area (Å²) in [5.74, 6) is 0.616. The van der Waals surface area contributed by atoms with Crippen LogP contribution in [0.15, 0.2) is 76.0 Å². The summed E-state index contributed by atoms with van der Waals surface area (Å²) in [6.45, 7) is 1.93. The molecule has 0 aliphatic rings. The quantitative estimate of drug-likeness (QED) is 0.460. The van der Waals surface area contributed by atoms with Crippen LogP contribution >= 0.6 is 0 Å². The van der Waals surface area contributed by atoms with Crippen LogP contribution in [0, 0.1) is 6.92 Å². The van der Waals surface area contributed by atoms with Crippen LogP contribution in [0.3, 0.4) is 0 Å². The number of hydrogen-bond acceptors (Lipinski definition) is 6. The van der Waals surface area contributed by atoms with Crippen molar-refractivity contribution in [1.29, 1.82) is 0 Å². The average Bonchev–Trinajstić information content (AvgIpc) is 3.13. The minimum Gasteiger partial charge on any atom is -0.495 e. The lowest BCUT2D eigenvalue weighted by Gasteiger charge is -2.12. The molecule has 1 aromatic heterocycles. The van der Waals surface area contributed by atoms with Crippen molar-refractivity contribution in [3.63, 3.8) is 0 Å². The molecule has 28 heavy (non-hydrogen) atoms. The van der Waals surface area contributed by atoms with Crippen molar-refractivity contribution in [1.82, 2.24) is 4.98 Å². The van der Waals surface area contributed by atoms with Gasteiger partial charge in [0.25, 0.3) is 0 Å². The second-order valence-electron chi connectivity index (χ2n) is 6.13. The molecule has 0 saturated heterocycles. The van der Waals surface area contributed by atoms with Gasteiger partial charge in [0.05, 0.1) is 12.7 Å². The molecule has 4 aromatic rings. The van der Waals surface area contributed by atoms with E-state index in [2.05, 4.69) is 4.98 Å². The van der Waals surface area contributed by atoms with Crippen molar-refractivity contribution in [2.75, 3.05) is 7.11 Å². The van der Waals surface area contributed by atoms with Gasteiger partial charge in [-0.1, -0.05) is 36.4 Å². The first-order valence-corrected chi connectivity index (χ1v) is 9.93. The van der Waals surface area contributed by atoms with E-state index in [9.17, 15) is 8.42 Å². The second-order valence-corrected chi connectivity index (χ2v) is 7.64. The van der Waals surface area contributed by atoms with E-state index in [1.807, 2.05) is 25.1 Å². The van der Waals surface area contributed by atoms with E-state index in [0.29, 0.717) is 11.1 Å². The molecule has 0 N–H and O–H groups in total. The molecule has 0 aliphatic carbocycles. The molecule has 0 saturated carbocycles. The summed E-state index contributed by atoms with van der Waals surface area (Å²) < 4.78 is 42.1. The van der Waals surface area contributed by atoms with Gasteiger partial charge in [-0.05, 0) is 42.8 Å². The monoisotopic (exact) mass is 395 g/mol. The largest absolute Gasteiger partial charge is 0.495 e. The zero-order valence-corrected chi connectivity index (χ0v) is 16.1. The summed E-state index contributed by atoms with van der Waals surface area (Å²) in [5, 5.41) is 0. The van der Waals surface area contributed by atoms with E-state index in [1.165, 1.54) is 13.2 Å². The Hall–Kier alpha value is -3.32. The molecule has 0 radical (unpaired) electrons. The van der Waals surface area contributed by atoms with Crippen LogP contribution < -0.4 is 8.92 Å². The summed E-state index contributed by atoms with van der Waals surface area (Å²) in [6.07, 6.45) is 0. The molecule has 1 heterocycles. The number of oxazole rings is 1. The maximum atomic E-state index is 12.8. The van der Waals surface area contributed by atoms with Crippen molar-refractivity contribution in [2.45, 2.75) is 11.8 Å². The molecule has 7 heteroatoms. The fourth-order valence-electron chi connectivity index (χ4n) is 2.91. The van der Waals surface area contributed by atoms with Gasteiger partial charge in [0.15, 0.2) is 11.3 Å². The van der Waals surface area contributed by atoms with Crippen LogP contribution in [0.1, 0.15) is 5.56 Å². The summed E-state index contributed by atoms with van der Waals surface area (Å²) in [4.78, 5) is 4.46. The number of rotatable bonds is 5. The third-order valence-corrected chi connectivity index (χ3v) is 5.55. The fourth-order valence-corrected chi connectivity index (χ4v) is 4.02. The predicted octanol–water partition coefficient (Wildman–Crippen LogP) is 4.58. The lowest BCUT2D eigenvalue weighted by Crippen LogP contribution is -2.11. The van der Waals surface area contributed by atoms with Gasteiger partial charge in [0.1, 0.15) is 16.2 Å². The highest BCUT2D eigenvalue weighted by Gasteiger charge is 2.24. The first-order valence-electron chi connectivity index (χ1n) is 8.52. The molecule has 142 valence electrons. The van der Waals surface area contributed by atoms with Crippen LogP contribution in [0.5, 0.6) is 11.5 Å². The molecular weight excluding hydrogens is 378 g/mol. The van der Waals surface area contributed by atoms with Crippen molar-refractivity contribution < 1.29 is 21.8 Å². The maximum absolute atomic E-state index is 12.8. The van der Waals surface area contributed by atoms with Gasteiger partial charge in [-0.15, -0.1) is 0 Å². The van der Waals surface area contributed by atoms with E-state index in [1.54, 1.807) is 42.5 Å². The Kier molecular flexibility index (Phi) is 4.52. The number of hydrogen-bond donors (Lipinski definition) is 0. The number of methoxy groups -OCH3 is 1. The van der Waals surface area contributed by atoms with E-state index in [-0.39, 0.29) is 22.3 Å². The van der Waals surface area contributed by atoms with Crippen molar-refractivity contribution >= 4 is 21.2 Å². The Bertz CT molecular complexity index is 1260. The SMILES string of the molecule is COc1ccccc1S(=O)(=O)Oc1ccccc1-c1nc2c(C)cccc2o1. The zero-order valence-electron chi connectivity index (χ0n) is 15.2. The minimum atomic E-state index is -4.12. The van der Waals surface area contributed by atoms with Crippen molar-refractivity contribution in [3.8, 4) is 23.0 Å². The molecule has 0 aliphatic heterocycles. The van der Waals surface area contributed by atoms with Crippen LogP contribution in [-0.4, -0.2) is 20.5 Å². The van der Waals surface area contributed by atoms with Crippen LogP contribution in [0.25, 0.3) is 22.6 Å². The minimum absolute atomic E-state index is 0.0549. The molecule has 0 atom stereocenters. The third-order valence-electron chi connectivity index (χ3n) is 4.28. The molecular formula is C21H17NO5S. The van der Waals surface area contributed by atoms with Gasteiger partial charge in [0.2, 0.25) is 5.89 Å². The van der Waals surface area contributed by atoms with Gasteiger partial charge in [0, 0.05) is 0 Å². The number of ether oxygens (including phenoxy) is 1. The van der Waals surface area contributed by atoms with Crippen LogP contribution in [0.4, 0.5) is 0 Å². The summed E-state index contributed by atoms with van der Waals surface area (Å²) in [7, 11) is -2.71. The van der Waals surface area contributed by atoms with E-state index < -0.39 is 10.1 Å². The van der Waals surface area contributed by atoms with Gasteiger partial charge >= 0.3 is 10.1 Å². The Morgan fingerprint density at radius 2 is 1.61 bits per heavy atom. The number of fused-ring (bicyclic) bond motifs is 1. The van der Waals surface area contributed by atoms with Crippen LogP contribution in [-0.2, 0) is 10.1 Å². The Morgan fingerprint density at radius 3 is 2.36 bits per heavy atom. The summed E-state index contributed by atoms with van der Waals surface area (Å²) in [6, 6.07) is 18.6. The molecule has 0 amide bonds. The highest BCUT2D eigenvalue weighted by Crippen LogP contribution is 2.35. The first kappa shape index (κ1) is 18.1. The standard InChI is InChI=1S/C21H17NO5S/c1-14-8-7-12-18-20(14)22-21(26-18)15-9-3-4-10-16(15)27-28(23,24)19-13-6-5-11-17(19)25-2/h3-13H,1-2H3. The number of aromatic nitrogens is 1. The predicted molar refractivity (Wildman–Crippen MR) is 105 cm³/mol. The molecule has 0 unspecified atom stereocenters. The lowest BCUT2D eigenvalue weighted by atomic mass is 10.2. The highest BCUT2D eigenvalue weighted by atomic mass is 32.2. The van der Waals surface area contributed by atoms with Gasteiger partial charge in [-0.2, -0.15) is 8.42 Å². The van der Waals surface area contributed by atoms with Gasteiger partial charge < -0.3 is 13.3 Å². The fraction of sp³-hybridized carbons (Fsp3) is 0.0952. The number of benzene rings is 3. The molecule has 0 fully saturated rings. The molecule has 6 nitrogen and oxygen atoms in total. The van der Waals surface area contributed by atoms with E-state index >= 15 is 0 Å². The number of nitrogens with zero attached hydrogens (tertiary/aromatic N) is 1. The summed E-state index contributed by atoms with van der Waals surface area (Å²) >= 11 is 0. The Labute approximate surface area is 162 Å². The van der Waals surface area contributed by atoms with Crippen molar-refractivity contribution in [2.24, 2.45) is 0 Å². The van der Waals surface area contributed by atoms with E-state index in [0.717, 1.165) is 11.1 Å². The summed E-state index contributed by atoms with van der Waals surface area (Å²) in [5.41, 5.74) is 2.75. The van der Waals surface area contributed by atoms with Gasteiger partial charge in [-0.25, -0.2) is 4.98 Å². The topological polar surface area (TPSA) is 78.6 Å². The molecule has 0 bridgehead atoms. The first-order chi connectivity index (χ1) is 13.5. The van der Waals surface area contributed by atoms with Crippen LogP contribution in [0.2, 0.25) is 0 Å². The Morgan fingerprint density at radius 1 is 0.893 bits per heavy atom. The normalized spacial score (nSPS) is 11.5. The molecule has 0 spiro atoms. The maximum Gasteiger partial charge on any atom is 0.342 e. The second kappa shape index (κ2) is 7.01. The third kappa shape index (κ3) is 3.20. The molecule has 3 aromatic carbocycles. The lowest BCUT2D eigenvalue weighted by molar-refractivity contribution is 0.398. The smallest absolute Gasteiger partial charge is 0.342 e. The van der Waals surface area contributed by atoms with Crippen molar-refractivity contribution in [3.05, 3.63) is 72.3 Å². The number of para-hydroxylation sites is 3. The highest BCUT2D eigenvalue weighted by molar-refractivity contribution is 7.87.